The van der Waals surface area contributed by atoms with Gasteiger partial charge in [0.25, 0.3) is 0 Å². The standard InChI is InChI=1S/C7H15NO4S.ClH/c1-12-7(9)5-6(8)3-4-13(2,10)11;/h6H,3-5,8H2,1-2H3;1H/t6-;/m0./s1. The quantitative estimate of drug-likeness (QED) is 0.674. The number of rotatable bonds is 5. The number of methoxy groups -OCH3 is 1. The molecule has 0 aliphatic carbocycles. The predicted octanol–water partition coefficient (Wildman–Crippen LogP) is -0.267. The highest BCUT2D eigenvalue weighted by Crippen LogP contribution is 1.99. The van der Waals surface area contributed by atoms with Crippen LogP contribution in [-0.2, 0) is 19.4 Å². The smallest absolute Gasteiger partial charge is 0.307 e. The monoisotopic (exact) mass is 245 g/mol. The molecule has 1 atom stereocenters. The van der Waals surface area contributed by atoms with Crippen LogP contribution in [0.5, 0.6) is 0 Å². The van der Waals surface area contributed by atoms with Crippen molar-refractivity contribution in [3.63, 3.8) is 0 Å². The van der Waals surface area contributed by atoms with Crippen molar-refractivity contribution in [2.24, 2.45) is 5.73 Å². The SMILES string of the molecule is COC(=O)C[C@@H](N)CCS(C)(=O)=O.Cl. The number of ether oxygens (including phenoxy) is 1. The lowest BCUT2D eigenvalue weighted by Crippen LogP contribution is -2.27. The summed E-state index contributed by atoms with van der Waals surface area (Å²) in [6.07, 6.45) is 1.48. The second-order valence-electron chi connectivity index (χ2n) is 2.96. The van der Waals surface area contributed by atoms with E-state index >= 15 is 0 Å². The third kappa shape index (κ3) is 9.76. The largest absolute Gasteiger partial charge is 0.469 e. The summed E-state index contributed by atoms with van der Waals surface area (Å²) in [5, 5.41) is 0. The average Bonchev–Trinajstić information content (AvgIpc) is 1.99. The normalized spacial score (nSPS) is 12.8. The summed E-state index contributed by atoms with van der Waals surface area (Å²) < 4.78 is 25.8. The number of carbonyl (C=O) groups excluding carboxylic acids is 1. The molecule has 0 aliphatic heterocycles. The van der Waals surface area contributed by atoms with Gasteiger partial charge >= 0.3 is 5.97 Å². The van der Waals surface area contributed by atoms with Gasteiger partial charge in [0.15, 0.2) is 0 Å². The van der Waals surface area contributed by atoms with Crippen LogP contribution >= 0.6 is 12.4 Å². The lowest BCUT2D eigenvalue weighted by molar-refractivity contribution is -0.141. The van der Waals surface area contributed by atoms with E-state index in [-0.39, 0.29) is 31.0 Å². The molecule has 0 saturated carbocycles. The van der Waals surface area contributed by atoms with E-state index in [0.29, 0.717) is 0 Å². The van der Waals surface area contributed by atoms with E-state index in [2.05, 4.69) is 4.74 Å². The van der Waals surface area contributed by atoms with E-state index in [1.54, 1.807) is 0 Å². The van der Waals surface area contributed by atoms with E-state index in [4.69, 9.17) is 5.73 Å². The molecule has 0 amide bonds. The Balaban J connectivity index is 0. The number of hydrogen-bond acceptors (Lipinski definition) is 5. The molecule has 0 aromatic carbocycles. The van der Waals surface area contributed by atoms with Crippen molar-refractivity contribution in [1.29, 1.82) is 0 Å². The van der Waals surface area contributed by atoms with Crippen molar-refractivity contribution in [3.05, 3.63) is 0 Å². The van der Waals surface area contributed by atoms with Crippen LogP contribution in [0.2, 0.25) is 0 Å². The Hall–Kier alpha value is -0.330. The molecule has 0 aromatic rings. The van der Waals surface area contributed by atoms with Crippen LogP contribution in [0.25, 0.3) is 0 Å². The molecule has 0 aliphatic rings. The minimum atomic E-state index is -2.99. The van der Waals surface area contributed by atoms with Gasteiger partial charge < -0.3 is 10.5 Å². The van der Waals surface area contributed by atoms with Crippen molar-refractivity contribution in [2.75, 3.05) is 19.1 Å². The zero-order chi connectivity index (χ0) is 10.5. The predicted molar refractivity (Wildman–Crippen MR) is 56.2 cm³/mol. The molecular weight excluding hydrogens is 230 g/mol. The first-order valence-corrected chi connectivity index (χ1v) is 5.91. The number of hydrogen-bond donors (Lipinski definition) is 1. The van der Waals surface area contributed by atoms with E-state index in [9.17, 15) is 13.2 Å². The van der Waals surface area contributed by atoms with Crippen LogP contribution in [0.3, 0.4) is 0 Å². The molecule has 0 bridgehead atoms. The molecule has 0 spiro atoms. The summed E-state index contributed by atoms with van der Waals surface area (Å²) in [6, 6.07) is -0.442. The summed E-state index contributed by atoms with van der Waals surface area (Å²) >= 11 is 0. The van der Waals surface area contributed by atoms with Crippen LogP contribution in [0.4, 0.5) is 0 Å². The fourth-order valence-corrected chi connectivity index (χ4v) is 1.50. The number of esters is 1. The Morgan fingerprint density at radius 1 is 1.50 bits per heavy atom. The maximum Gasteiger partial charge on any atom is 0.307 e. The molecule has 0 rings (SSSR count). The minimum absolute atomic E-state index is 0. The summed E-state index contributed by atoms with van der Waals surface area (Å²) in [7, 11) is -1.72. The Kier molecular flexibility index (Phi) is 8.09. The van der Waals surface area contributed by atoms with E-state index in [1.165, 1.54) is 7.11 Å². The molecular formula is C7H16ClNO4S. The molecule has 0 radical (unpaired) electrons. The maximum atomic E-state index is 10.7. The molecule has 0 unspecified atom stereocenters. The Morgan fingerprint density at radius 3 is 2.36 bits per heavy atom. The van der Waals surface area contributed by atoms with Crippen molar-refractivity contribution in [1.82, 2.24) is 0 Å². The molecule has 14 heavy (non-hydrogen) atoms. The molecule has 2 N–H and O–H groups in total. The van der Waals surface area contributed by atoms with Gasteiger partial charge in [-0.1, -0.05) is 0 Å². The first-order chi connectivity index (χ1) is 5.85. The van der Waals surface area contributed by atoms with E-state index in [0.717, 1.165) is 6.26 Å². The Bertz CT molecular complexity index is 265. The van der Waals surface area contributed by atoms with Gasteiger partial charge in [0, 0.05) is 12.3 Å². The molecule has 0 aromatic heterocycles. The Morgan fingerprint density at radius 2 is 2.00 bits per heavy atom. The van der Waals surface area contributed by atoms with Crippen molar-refractivity contribution in [3.8, 4) is 0 Å². The van der Waals surface area contributed by atoms with Crippen LogP contribution in [0, 0.1) is 0 Å². The zero-order valence-corrected chi connectivity index (χ0v) is 9.86. The van der Waals surface area contributed by atoms with Gasteiger partial charge in [-0.25, -0.2) is 8.42 Å². The summed E-state index contributed by atoms with van der Waals surface area (Å²) in [5.74, 6) is -0.411. The lowest BCUT2D eigenvalue weighted by atomic mass is 10.2. The number of halogens is 1. The average molecular weight is 246 g/mol. The fourth-order valence-electron chi connectivity index (χ4n) is 0.765. The van der Waals surface area contributed by atoms with Crippen LogP contribution in [0.1, 0.15) is 12.8 Å². The molecule has 0 fully saturated rings. The zero-order valence-electron chi connectivity index (χ0n) is 8.23. The van der Waals surface area contributed by atoms with Crippen molar-refractivity contribution in [2.45, 2.75) is 18.9 Å². The minimum Gasteiger partial charge on any atom is -0.469 e. The number of carbonyl (C=O) groups is 1. The molecule has 0 heterocycles. The van der Waals surface area contributed by atoms with Crippen LogP contribution in [0.15, 0.2) is 0 Å². The summed E-state index contributed by atoms with van der Waals surface area (Å²) in [5.41, 5.74) is 5.49. The lowest BCUT2D eigenvalue weighted by Gasteiger charge is -2.08. The highest BCUT2D eigenvalue weighted by molar-refractivity contribution is 7.90. The van der Waals surface area contributed by atoms with Gasteiger partial charge in [0.05, 0.1) is 19.3 Å². The van der Waals surface area contributed by atoms with Gasteiger partial charge in [-0.15, -0.1) is 12.4 Å². The number of nitrogens with two attached hydrogens (primary N) is 1. The summed E-state index contributed by atoms with van der Waals surface area (Å²) in [6.45, 7) is 0. The third-order valence-corrected chi connectivity index (χ3v) is 2.49. The Labute approximate surface area is 90.3 Å². The third-order valence-electron chi connectivity index (χ3n) is 1.52. The summed E-state index contributed by atoms with van der Waals surface area (Å²) in [4.78, 5) is 10.7. The van der Waals surface area contributed by atoms with Gasteiger partial charge in [-0.3, -0.25) is 4.79 Å². The highest BCUT2D eigenvalue weighted by Gasteiger charge is 2.12. The molecule has 0 saturated heterocycles. The molecule has 86 valence electrons. The van der Waals surface area contributed by atoms with Crippen LogP contribution in [-0.4, -0.2) is 39.5 Å². The number of sulfone groups is 1. The fraction of sp³-hybridized carbons (Fsp3) is 0.857. The van der Waals surface area contributed by atoms with Gasteiger partial charge in [0.1, 0.15) is 9.84 Å². The first-order valence-electron chi connectivity index (χ1n) is 3.85. The molecule has 7 heteroatoms. The second kappa shape index (κ2) is 7.03. The van der Waals surface area contributed by atoms with E-state index < -0.39 is 21.8 Å². The van der Waals surface area contributed by atoms with Gasteiger partial charge in [-0.2, -0.15) is 0 Å². The van der Waals surface area contributed by atoms with E-state index in [1.807, 2.05) is 0 Å². The van der Waals surface area contributed by atoms with Gasteiger partial charge in [0.2, 0.25) is 0 Å². The second-order valence-corrected chi connectivity index (χ2v) is 5.22. The topological polar surface area (TPSA) is 86.5 Å². The van der Waals surface area contributed by atoms with Crippen molar-refractivity contribution < 1.29 is 17.9 Å². The maximum absolute atomic E-state index is 10.7. The van der Waals surface area contributed by atoms with Crippen molar-refractivity contribution >= 4 is 28.2 Å². The molecule has 5 nitrogen and oxygen atoms in total. The van der Waals surface area contributed by atoms with Gasteiger partial charge in [-0.05, 0) is 6.42 Å². The first kappa shape index (κ1) is 16.1. The highest BCUT2D eigenvalue weighted by atomic mass is 35.5. The van der Waals surface area contributed by atoms with Crippen LogP contribution < -0.4 is 5.73 Å².